The average Bonchev–Trinajstić information content (AvgIpc) is 2.37. The van der Waals surface area contributed by atoms with E-state index in [1.54, 1.807) is 6.92 Å². The van der Waals surface area contributed by atoms with Gasteiger partial charge in [-0.1, -0.05) is 0 Å². The summed E-state index contributed by atoms with van der Waals surface area (Å²) >= 11 is 0. The van der Waals surface area contributed by atoms with Crippen molar-refractivity contribution >= 4 is 34.8 Å². The van der Waals surface area contributed by atoms with Gasteiger partial charge in [0.15, 0.2) is 0 Å². The third kappa shape index (κ3) is 5.36. The van der Waals surface area contributed by atoms with Crippen molar-refractivity contribution < 1.29 is 13.2 Å². The van der Waals surface area contributed by atoms with Gasteiger partial charge in [-0.2, -0.15) is 0 Å². The van der Waals surface area contributed by atoms with Crippen molar-refractivity contribution in [3.05, 3.63) is 0 Å². The number of rotatable bonds is 3. The molecule has 1 fully saturated rings. The third-order valence-electron chi connectivity index (χ3n) is 2.18. The Labute approximate surface area is 97.4 Å². The van der Waals surface area contributed by atoms with Crippen molar-refractivity contribution in [3.8, 4) is 0 Å². The monoisotopic (exact) mass is 265 g/mol. The number of sulfonamides is 1. The Morgan fingerprint density at radius 2 is 2.07 bits per heavy atom. The molecule has 2 atom stereocenters. The number of nitrogens with two attached hydrogens (primary N) is 1. The second kappa shape index (κ2) is 6.85. The predicted octanol–water partition coefficient (Wildman–Crippen LogP) is 1.08. The van der Waals surface area contributed by atoms with E-state index >= 15 is 0 Å². The van der Waals surface area contributed by atoms with Gasteiger partial charge in [0.25, 0.3) is 0 Å². The van der Waals surface area contributed by atoms with Gasteiger partial charge in [0.2, 0.25) is 10.0 Å². The Kier molecular flexibility index (Phi) is 8.25. The van der Waals surface area contributed by atoms with Gasteiger partial charge in [-0.05, 0) is 26.2 Å². The minimum Gasteiger partial charge on any atom is -0.378 e. The molecule has 0 aromatic carbocycles. The number of primary sulfonamides is 1. The summed E-state index contributed by atoms with van der Waals surface area (Å²) in [7, 11) is -3.37. The summed E-state index contributed by atoms with van der Waals surface area (Å²) in [6, 6.07) is 0. The van der Waals surface area contributed by atoms with E-state index in [9.17, 15) is 8.42 Å². The zero-order valence-electron chi connectivity index (χ0n) is 8.01. The normalized spacial score (nSPS) is 23.4. The van der Waals surface area contributed by atoms with Crippen LogP contribution < -0.4 is 5.14 Å². The first-order valence-electron chi connectivity index (χ1n) is 4.13. The molecule has 14 heavy (non-hydrogen) atoms. The average molecular weight is 266 g/mol. The number of hydrogen-bond donors (Lipinski definition) is 1. The van der Waals surface area contributed by atoms with E-state index in [1.165, 1.54) is 0 Å². The molecule has 1 rings (SSSR count). The van der Waals surface area contributed by atoms with Crippen LogP contribution in [0.3, 0.4) is 0 Å². The van der Waals surface area contributed by atoms with Gasteiger partial charge in [0.1, 0.15) is 0 Å². The summed E-state index contributed by atoms with van der Waals surface area (Å²) in [4.78, 5) is 0. The standard InChI is InChI=1S/C7H15NO3S.2ClH/c1-6(12(8,9)10)5-7-3-2-4-11-7;;/h6-7H,2-5H2,1H3,(H2,8,9,10);2*1H. The van der Waals surface area contributed by atoms with Crippen molar-refractivity contribution in [2.45, 2.75) is 37.5 Å². The van der Waals surface area contributed by atoms with Crippen LogP contribution in [0.15, 0.2) is 0 Å². The van der Waals surface area contributed by atoms with Gasteiger partial charge >= 0.3 is 0 Å². The molecule has 0 saturated carbocycles. The molecule has 4 nitrogen and oxygen atoms in total. The molecule has 1 heterocycles. The largest absolute Gasteiger partial charge is 0.378 e. The van der Waals surface area contributed by atoms with Crippen LogP contribution in [0, 0.1) is 0 Å². The SMILES string of the molecule is CC(CC1CCCO1)S(N)(=O)=O.Cl.Cl. The first kappa shape index (κ1) is 16.9. The summed E-state index contributed by atoms with van der Waals surface area (Å²) in [5.41, 5.74) is 0. The van der Waals surface area contributed by atoms with Gasteiger partial charge in [0.05, 0.1) is 11.4 Å². The lowest BCUT2D eigenvalue weighted by Gasteiger charge is -2.13. The maximum absolute atomic E-state index is 10.8. The van der Waals surface area contributed by atoms with Crippen molar-refractivity contribution in [1.82, 2.24) is 0 Å². The highest BCUT2D eigenvalue weighted by atomic mass is 35.5. The predicted molar refractivity (Wildman–Crippen MR) is 60.7 cm³/mol. The van der Waals surface area contributed by atoms with E-state index in [0.29, 0.717) is 6.42 Å². The van der Waals surface area contributed by atoms with Gasteiger partial charge in [0, 0.05) is 6.61 Å². The quantitative estimate of drug-likeness (QED) is 0.830. The lowest BCUT2D eigenvalue weighted by Crippen LogP contribution is -2.29. The fraction of sp³-hybridized carbons (Fsp3) is 1.00. The zero-order valence-corrected chi connectivity index (χ0v) is 10.5. The smallest absolute Gasteiger partial charge is 0.211 e. The van der Waals surface area contributed by atoms with E-state index in [0.717, 1.165) is 19.4 Å². The maximum Gasteiger partial charge on any atom is 0.211 e. The number of hydrogen-bond acceptors (Lipinski definition) is 3. The van der Waals surface area contributed by atoms with Gasteiger partial charge in [-0.3, -0.25) is 0 Å². The summed E-state index contributed by atoms with van der Waals surface area (Å²) < 4.78 is 27.0. The highest BCUT2D eigenvalue weighted by Gasteiger charge is 2.23. The molecule has 2 N–H and O–H groups in total. The molecule has 0 aromatic rings. The minimum absolute atomic E-state index is 0. The van der Waals surface area contributed by atoms with Crippen LogP contribution in [0.2, 0.25) is 0 Å². The summed E-state index contributed by atoms with van der Waals surface area (Å²) in [6.07, 6.45) is 2.61. The minimum atomic E-state index is -3.37. The molecule has 1 aliphatic heterocycles. The molecule has 0 aromatic heterocycles. The molecule has 1 saturated heterocycles. The van der Waals surface area contributed by atoms with Crippen LogP contribution in [0.5, 0.6) is 0 Å². The van der Waals surface area contributed by atoms with Crippen molar-refractivity contribution in [1.29, 1.82) is 0 Å². The second-order valence-electron chi connectivity index (χ2n) is 3.27. The van der Waals surface area contributed by atoms with Gasteiger partial charge < -0.3 is 4.74 Å². The molecule has 2 unspecified atom stereocenters. The Morgan fingerprint density at radius 1 is 1.50 bits per heavy atom. The number of halogens is 2. The van der Waals surface area contributed by atoms with Crippen molar-refractivity contribution in [2.75, 3.05) is 6.61 Å². The number of ether oxygens (including phenoxy) is 1. The first-order chi connectivity index (χ1) is 5.50. The zero-order chi connectivity index (χ0) is 9.19. The Bertz CT molecular complexity index is 239. The van der Waals surface area contributed by atoms with Crippen molar-refractivity contribution in [2.24, 2.45) is 5.14 Å². The van der Waals surface area contributed by atoms with Gasteiger partial charge in [-0.15, -0.1) is 24.8 Å². The van der Waals surface area contributed by atoms with E-state index in [2.05, 4.69) is 0 Å². The van der Waals surface area contributed by atoms with Crippen LogP contribution >= 0.6 is 24.8 Å². The van der Waals surface area contributed by atoms with Crippen LogP contribution in [0.1, 0.15) is 26.2 Å². The molecule has 0 radical (unpaired) electrons. The highest BCUT2D eigenvalue weighted by molar-refractivity contribution is 7.89. The topological polar surface area (TPSA) is 69.4 Å². The van der Waals surface area contributed by atoms with Gasteiger partial charge in [-0.25, -0.2) is 13.6 Å². The molecule has 7 heteroatoms. The first-order valence-corrected chi connectivity index (χ1v) is 5.74. The highest BCUT2D eigenvalue weighted by Crippen LogP contribution is 2.18. The summed E-state index contributed by atoms with van der Waals surface area (Å²) in [6.45, 7) is 2.37. The Balaban J connectivity index is 0. The van der Waals surface area contributed by atoms with E-state index in [1.807, 2.05) is 0 Å². The Morgan fingerprint density at radius 3 is 2.43 bits per heavy atom. The van der Waals surface area contributed by atoms with Crippen LogP contribution in [-0.2, 0) is 14.8 Å². The second-order valence-corrected chi connectivity index (χ2v) is 5.25. The summed E-state index contributed by atoms with van der Waals surface area (Å²) in [5, 5.41) is 4.49. The maximum atomic E-state index is 10.8. The Hall–Kier alpha value is 0.450. The van der Waals surface area contributed by atoms with Crippen molar-refractivity contribution in [3.63, 3.8) is 0 Å². The summed E-state index contributed by atoms with van der Waals surface area (Å²) in [5.74, 6) is 0. The molecular weight excluding hydrogens is 249 g/mol. The molecule has 0 spiro atoms. The lowest BCUT2D eigenvalue weighted by atomic mass is 10.1. The van der Waals surface area contributed by atoms with E-state index < -0.39 is 15.3 Å². The molecule has 88 valence electrons. The van der Waals surface area contributed by atoms with Crippen LogP contribution in [-0.4, -0.2) is 26.4 Å². The fourth-order valence-corrected chi connectivity index (χ4v) is 1.82. The molecule has 1 aliphatic rings. The molecular formula is C7H17Cl2NO3S. The van der Waals surface area contributed by atoms with Crippen LogP contribution in [0.4, 0.5) is 0 Å². The van der Waals surface area contributed by atoms with Crippen LogP contribution in [0.25, 0.3) is 0 Å². The molecule has 0 amide bonds. The van der Waals surface area contributed by atoms with E-state index in [4.69, 9.17) is 9.88 Å². The fourth-order valence-electron chi connectivity index (χ4n) is 1.33. The molecule has 0 aliphatic carbocycles. The van der Waals surface area contributed by atoms with E-state index in [-0.39, 0.29) is 30.9 Å². The lowest BCUT2D eigenvalue weighted by molar-refractivity contribution is 0.104. The molecule has 0 bridgehead atoms. The third-order valence-corrected chi connectivity index (χ3v) is 3.49.